The lowest BCUT2D eigenvalue weighted by atomic mass is 10.3. The summed E-state index contributed by atoms with van der Waals surface area (Å²) in [5.41, 5.74) is 0.111. The van der Waals surface area contributed by atoms with Gasteiger partial charge in [0.25, 0.3) is 5.91 Å². The first-order chi connectivity index (χ1) is 10.9. The smallest absolute Gasteiger partial charge is 0.340 e. The van der Waals surface area contributed by atoms with E-state index in [1.807, 2.05) is 13.8 Å². The first kappa shape index (κ1) is 17.2. The molecule has 2 heterocycles. The fourth-order valence-electron chi connectivity index (χ4n) is 1.75. The lowest BCUT2D eigenvalue weighted by molar-refractivity contribution is -0.119. The molecule has 1 amide bonds. The molecule has 0 saturated heterocycles. The number of halogens is 2. The van der Waals surface area contributed by atoms with Crippen molar-refractivity contribution in [3.05, 3.63) is 40.3 Å². The molecule has 1 N–H and O–H groups in total. The minimum atomic E-state index is -0.719. The molecule has 0 unspecified atom stereocenters. The quantitative estimate of drug-likeness (QED) is 0.657. The van der Waals surface area contributed by atoms with Crippen LogP contribution in [0.1, 0.15) is 30.2 Å². The summed E-state index contributed by atoms with van der Waals surface area (Å²) in [6.45, 7) is 3.42. The van der Waals surface area contributed by atoms with Gasteiger partial charge in [-0.05, 0) is 19.9 Å². The van der Waals surface area contributed by atoms with Crippen LogP contribution in [-0.4, -0.2) is 33.2 Å². The Bertz CT molecular complexity index is 731. The van der Waals surface area contributed by atoms with Crippen LogP contribution in [0.15, 0.2) is 24.5 Å². The first-order valence-electron chi connectivity index (χ1n) is 6.70. The van der Waals surface area contributed by atoms with Gasteiger partial charge in [-0.25, -0.2) is 14.5 Å². The number of aromatic nitrogens is 3. The van der Waals surface area contributed by atoms with Gasteiger partial charge in [0.05, 0.1) is 16.8 Å². The van der Waals surface area contributed by atoms with Gasteiger partial charge in [0.15, 0.2) is 6.61 Å². The zero-order valence-corrected chi connectivity index (χ0v) is 13.9. The van der Waals surface area contributed by atoms with Gasteiger partial charge in [-0.1, -0.05) is 23.2 Å². The molecule has 0 atom stereocenters. The summed E-state index contributed by atoms with van der Waals surface area (Å²) < 4.78 is 6.55. The van der Waals surface area contributed by atoms with Crippen LogP contribution >= 0.6 is 23.2 Å². The molecule has 7 nitrogen and oxygen atoms in total. The van der Waals surface area contributed by atoms with Crippen LogP contribution < -0.4 is 5.32 Å². The van der Waals surface area contributed by atoms with Gasteiger partial charge in [-0.2, -0.15) is 5.10 Å². The second-order valence-corrected chi connectivity index (χ2v) is 5.64. The summed E-state index contributed by atoms with van der Waals surface area (Å²) >= 11 is 11.4. The topological polar surface area (TPSA) is 86.1 Å². The second-order valence-electron chi connectivity index (χ2n) is 4.88. The number of pyridine rings is 1. The standard InChI is InChI=1S/C14H14Cl2N4O3/c1-8(2)20-11(3-4-18-20)19-12(21)7-23-14(22)9-5-10(15)13(16)17-6-9/h3-6,8H,7H2,1-2H3,(H,19,21). The Hall–Kier alpha value is -2.12. The Morgan fingerprint density at radius 3 is 2.78 bits per heavy atom. The molecule has 0 aromatic carbocycles. The fourth-order valence-corrected chi connectivity index (χ4v) is 2.02. The summed E-state index contributed by atoms with van der Waals surface area (Å²) in [6, 6.07) is 3.07. The Labute approximate surface area is 142 Å². The van der Waals surface area contributed by atoms with Gasteiger partial charge in [0, 0.05) is 18.3 Å². The van der Waals surface area contributed by atoms with Crippen molar-refractivity contribution in [1.82, 2.24) is 14.8 Å². The number of hydrogen-bond donors (Lipinski definition) is 1. The SMILES string of the molecule is CC(C)n1nccc1NC(=O)COC(=O)c1cnc(Cl)c(Cl)c1. The van der Waals surface area contributed by atoms with E-state index in [2.05, 4.69) is 15.4 Å². The summed E-state index contributed by atoms with van der Waals surface area (Å²) in [5.74, 6) is -0.672. The molecular weight excluding hydrogens is 343 g/mol. The van der Waals surface area contributed by atoms with E-state index in [0.717, 1.165) is 0 Å². The van der Waals surface area contributed by atoms with Gasteiger partial charge in [-0.3, -0.25) is 4.79 Å². The number of nitrogens with zero attached hydrogens (tertiary/aromatic N) is 3. The summed E-state index contributed by atoms with van der Waals surface area (Å²) in [5, 5.41) is 6.93. The molecule has 0 aliphatic heterocycles. The second kappa shape index (κ2) is 7.43. The summed E-state index contributed by atoms with van der Waals surface area (Å²) in [4.78, 5) is 27.4. The number of carbonyl (C=O) groups excluding carboxylic acids is 2. The van der Waals surface area contributed by atoms with E-state index in [-0.39, 0.29) is 21.8 Å². The van der Waals surface area contributed by atoms with Crippen molar-refractivity contribution < 1.29 is 14.3 Å². The Morgan fingerprint density at radius 1 is 1.39 bits per heavy atom. The van der Waals surface area contributed by atoms with Crippen molar-refractivity contribution in [2.75, 3.05) is 11.9 Å². The highest BCUT2D eigenvalue weighted by Crippen LogP contribution is 2.20. The van der Waals surface area contributed by atoms with E-state index in [1.165, 1.54) is 12.3 Å². The summed E-state index contributed by atoms with van der Waals surface area (Å²) in [6.07, 6.45) is 2.80. The molecule has 0 saturated carbocycles. The number of amides is 1. The first-order valence-corrected chi connectivity index (χ1v) is 7.45. The molecule has 0 fully saturated rings. The van der Waals surface area contributed by atoms with Gasteiger partial charge < -0.3 is 10.1 Å². The zero-order chi connectivity index (χ0) is 17.0. The Kier molecular flexibility index (Phi) is 5.57. The maximum atomic E-state index is 11.8. The van der Waals surface area contributed by atoms with Gasteiger partial charge >= 0.3 is 5.97 Å². The minimum Gasteiger partial charge on any atom is -0.452 e. The van der Waals surface area contributed by atoms with Crippen LogP contribution in [-0.2, 0) is 9.53 Å². The van der Waals surface area contributed by atoms with Gasteiger partial charge in [-0.15, -0.1) is 0 Å². The average Bonchev–Trinajstić information content (AvgIpc) is 2.96. The molecule has 0 bridgehead atoms. The van der Waals surface area contributed by atoms with Gasteiger partial charge in [0.1, 0.15) is 11.0 Å². The van der Waals surface area contributed by atoms with Crippen LogP contribution in [0, 0.1) is 0 Å². The van der Waals surface area contributed by atoms with Crippen LogP contribution in [0.4, 0.5) is 5.82 Å². The normalized spacial score (nSPS) is 10.7. The lowest BCUT2D eigenvalue weighted by Gasteiger charge is -2.11. The van der Waals surface area contributed by atoms with E-state index in [0.29, 0.717) is 5.82 Å². The number of nitrogens with one attached hydrogen (secondary N) is 1. The van der Waals surface area contributed by atoms with Crippen molar-refractivity contribution in [3.8, 4) is 0 Å². The molecule has 0 spiro atoms. The molecule has 9 heteroatoms. The highest BCUT2D eigenvalue weighted by atomic mass is 35.5. The van der Waals surface area contributed by atoms with Crippen molar-refractivity contribution >= 4 is 40.9 Å². The highest BCUT2D eigenvalue weighted by molar-refractivity contribution is 6.41. The predicted molar refractivity (Wildman–Crippen MR) is 85.8 cm³/mol. The third-order valence-electron chi connectivity index (χ3n) is 2.79. The molecule has 0 aliphatic carbocycles. The van der Waals surface area contributed by atoms with Crippen LogP contribution in [0.2, 0.25) is 10.2 Å². The largest absolute Gasteiger partial charge is 0.452 e. The van der Waals surface area contributed by atoms with Crippen molar-refractivity contribution in [2.45, 2.75) is 19.9 Å². The van der Waals surface area contributed by atoms with Crippen molar-refractivity contribution in [3.63, 3.8) is 0 Å². The van der Waals surface area contributed by atoms with E-state index in [9.17, 15) is 9.59 Å². The number of esters is 1. The monoisotopic (exact) mass is 356 g/mol. The number of rotatable bonds is 5. The number of hydrogen-bond acceptors (Lipinski definition) is 5. The Morgan fingerprint density at radius 2 is 2.13 bits per heavy atom. The van der Waals surface area contributed by atoms with E-state index < -0.39 is 18.5 Å². The molecular formula is C14H14Cl2N4O3. The van der Waals surface area contributed by atoms with Crippen molar-refractivity contribution in [2.24, 2.45) is 0 Å². The fraction of sp³-hybridized carbons (Fsp3) is 0.286. The zero-order valence-electron chi connectivity index (χ0n) is 12.4. The molecule has 2 rings (SSSR count). The molecule has 23 heavy (non-hydrogen) atoms. The number of anilines is 1. The summed E-state index contributed by atoms with van der Waals surface area (Å²) in [7, 11) is 0. The van der Waals surface area contributed by atoms with Crippen LogP contribution in [0.5, 0.6) is 0 Å². The van der Waals surface area contributed by atoms with E-state index >= 15 is 0 Å². The maximum absolute atomic E-state index is 11.8. The minimum absolute atomic E-state index is 0.0860. The third kappa shape index (κ3) is 4.43. The molecule has 0 radical (unpaired) electrons. The number of ether oxygens (including phenoxy) is 1. The van der Waals surface area contributed by atoms with Crippen LogP contribution in [0.3, 0.4) is 0 Å². The van der Waals surface area contributed by atoms with Crippen LogP contribution in [0.25, 0.3) is 0 Å². The van der Waals surface area contributed by atoms with E-state index in [4.69, 9.17) is 27.9 Å². The maximum Gasteiger partial charge on any atom is 0.340 e. The Balaban J connectivity index is 1.92. The van der Waals surface area contributed by atoms with Gasteiger partial charge in [0.2, 0.25) is 0 Å². The number of carbonyl (C=O) groups is 2. The molecule has 0 aliphatic rings. The van der Waals surface area contributed by atoms with Crippen molar-refractivity contribution in [1.29, 1.82) is 0 Å². The third-order valence-corrected chi connectivity index (χ3v) is 3.48. The molecule has 2 aromatic heterocycles. The lowest BCUT2D eigenvalue weighted by Crippen LogP contribution is -2.23. The predicted octanol–water partition coefficient (Wildman–Crippen LogP) is 2.96. The molecule has 2 aromatic rings. The highest BCUT2D eigenvalue weighted by Gasteiger charge is 2.14. The molecule has 122 valence electrons. The average molecular weight is 357 g/mol. The van der Waals surface area contributed by atoms with E-state index in [1.54, 1.807) is 16.9 Å².